The lowest BCUT2D eigenvalue weighted by atomic mass is 10.1. The predicted molar refractivity (Wildman–Crippen MR) is 136 cm³/mol. The third-order valence-electron chi connectivity index (χ3n) is 4.89. The first kappa shape index (κ1) is 26.3. The Morgan fingerprint density at radius 3 is 2.54 bits per heavy atom. The van der Waals surface area contributed by atoms with E-state index in [9.17, 15) is 19.5 Å². The summed E-state index contributed by atoms with van der Waals surface area (Å²) in [5.74, 6) is -0.648. The molecular formula is C24H24BrN3O6S. The number of nitrogens with one attached hydrogen (secondary N) is 2. The minimum atomic E-state index is -1.07. The summed E-state index contributed by atoms with van der Waals surface area (Å²) in [6.07, 6.45) is 0.215. The zero-order valence-electron chi connectivity index (χ0n) is 19.0. The Balaban J connectivity index is 1.57. The van der Waals surface area contributed by atoms with Gasteiger partial charge in [-0.3, -0.25) is 10.1 Å². The fraction of sp³-hybridized carbons (Fsp3) is 0.250. The second-order valence-electron chi connectivity index (χ2n) is 7.57. The van der Waals surface area contributed by atoms with Crippen LogP contribution in [0.4, 0.5) is 10.5 Å². The van der Waals surface area contributed by atoms with E-state index >= 15 is 0 Å². The van der Waals surface area contributed by atoms with Crippen LogP contribution >= 0.6 is 27.7 Å². The minimum absolute atomic E-state index is 0.244. The molecule has 0 aliphatic carbocycles. The first-order valence-electron chi connectivity index (χ1n) is 10.6. The maximum absolute atomic E-state index is 12.4. The summed E-state index contributed by atoms with van der Waals surface area (Å²) in [5, 5.41) is 18.3. The van der Waals surface area contributed by atoms with Crippen molar-refractivity contribution in [2.75, 3.05) is 11.1 Å². The van der Waals surface area contributed by atoms with Gasteiger partial charge in [0.15, 0.2) is 0 Å². The quantitative estimate of drug-likeness (QED) is 0.306. The molecule has 3 aromatic rings. The van der Waals surface area contributed by atoms with E-state index in [-0.39, 0.29) is 11.7 Å². The molecule has 2 amide bonds. The van der Waals surface area contributed by atoms with Gasteiger partial charge in [-0.2, -0.15) is 11.8 Å². The number of ether oxygens (including phenoxy) is 1. The largest absolute Gasteiger partial charge is 0.480 e. The van der Waals surface area contributed by atoms with Crippen LogP contribution in [0.25, 0.3) is 11.3 Å². The number of aromatic nitrogens is 1. The van der Waals surface area contributed by atoms with Crippen molar-refractivity contribution in [1.82, 2.24) is 10.5 Å². The van der Waals surface area contributed by atoms with Gasteiger partial charge in [0.05, 0.1) is 0 Å². The second-order valence-corrected chi connectivity index (χ2v) is 9.46. The molecule has 0 aliphatic rings. The van der Waals surface area contributed by atoms with E-state index in [2.05, 4.69) is 31.7 Å². The van der Waals surface area contributed by atoms with Crippen LogP contribution in [0.2, 0.25) is 0 Å². The molecule has 184 valence electrons. The number of rotatable bonds is 10. The van der Waals surface area contributed by atoms with E-state index in [1.165, 1.54) is 24.9 Å². The lowest BCUT2D eigenvalue weighted by Gasteiger charge is -2.15. The van der Waals surface area contributed by atoms with Gasteiger partial charge in [0, 0.05) is 34.0 Å². The number of carboxylic acids is 1. The summed E-state index contributed by atoms with van der Waals surface area (Å²) in [6.45, 7) is 3.06. The van der Waals surface area contributed by atoms with Crippen molar-refractivity contribution in [3.63, 3.8) is 0 Å². The third kappa shape index (κ3) is 7.59. The Morgan fingerprint density at radius 1 is 1.17 bits per heavy atom. The Morgan fingerprint density at radius 2 is 1.89 bits per heavy atom. The van der Waals surface area contributed by atoms with Gasteiger partial charge in [-0.15, -0.1) is 0 Å². The van der Waals surface area contributed by atoms with E-state index < -0.39 is 24.2 Å². The number of halogens is 1. The average molecular weight is 562 g/mol. The highest BCUT2D eigenvalue weighted by Gasteiger charge is 2.19. The van der Waals surface area contributed by atoms with Crippen LogP contribution in [-0.2, 0) is 20.1 Å². The molecule has 3 rings (SSSR count). The number of anilines is 1. The smallest absolute Gasteiger partial charge is 0.412 e. The van der Waals surface area contributed by atoms with E-state index in [1.807, 2.05) is 48.5 Å². The third-order valence-corrected chi connectivity index (χ3v) is 6.72. The number of carbonyl (C=O) groups is 3. The van der Waals surface area contributed by atoms with Gasteiger partial charge in [0.2, 0.25) is 5.91 Å². The number of benzene rings is 2. The van der Waals surface area contributed by atoms with E-state index in [0.717, 1.165) is 21.2 Å². The van der Waals surface area contributed by atoms with Crippen molar-refractivity contribution >= 4 is 51.3 Å². The van der Waals surface area contributed by atoms with Gasteiger partial charge in [-0.25, -0.2) is 9.59 Å². The number of hydrogen-bond donors (Lipinski definition) is 3. The van der Waals surface area contributed by atoms with Crippen molar-refractivity contribution in [2.45, 2.75) is 31.7 Å². The standard InChI is InChI=1S/C24H24BrN3O6S/c1-14(18-5-3-4-6-19(18)25)34-24(32)27-20-11-33-28-22(20)17-9-7-16(8-10-17)12-35-13-21(23(30)31)26-15(2)29/h3-11,14,21H,12-13H2,1-2H3,(H,26,29)(H,27,32)(H,30,31)/t14-,21+/m1/s1. The number of carboxylic acid groups (broad SMARTS) is 1. The second kappa shape index (κ2) is 12.4. The molecule has 11 heteroatoms. The lowest BCUT2D eigenvalue weighted by molar-refractivity contribution is -0.140. The van der Waals surface area contributed by atoms with Gasteiger partial charge in [0.25, 0.3) is 0 Å². The first-order valence-corrected chi connectivity index (χ1v) is 12.5. The van der Waals surface area contributed by atoms with Crippen molar-refractivity contribution < 1.29 is 28.8 Å². The number of hydrogen-bond acceptors (Lipinski definition) is 7. The summed E-state index contributed by atoms with van der Waals surface area (Å²) in [7, 11) is 0. The fourth-order valence-corrected chi connectivity index (χ4v) is 4.79. The summed E-state index contributed by atoms with van der Waals surface area (Å²) >= 11 is 4.85. The molecule has 1 heterocycles. The van der Waals surface area contributed by atoms with Gasteiger partial charge >= 0.3 is 12.1 Å². The Kier molecular flexibility index (Phi) is 9.32. The normalized spacial score (nSPS) is 12.4. The monoisotopic (exact) mass is 561 g/mol. The number of carbonyl (C=O) groups excluding carboxylic acids is 2. The Bertz CT molecular complexity index is 1180. The summed E-state index contributed by atoms with van der Waals surface area (Å²) in [5.41, 5.74) is 3.35. The number of thioether (sulfide) groups is 1. The van der Waals surface area contributed by atoms with Gasteiger partial charge in [-0.1, -0.05) is 63.6 Å². The van der Waals surface area contributed by atoms with E-state index in [0.29, 0.717) is 17.1 Å². The molecule has 35 heavy (non-hydrogen) atoms. The van der Waals surface area contributed by atoms with Crippen LogP contribution in [0.1, 0.15) is 31.1 Å². The average Bonchev–Trinajstić information content (AvgIpc) is 3.26. The minimum Gasteiger partial charge on any atom is -0.480 e. The molecule has 0 fully saturated rings. The molecule has 0 saturated heterocycles. The molecule has 2 atom stereocenters. The summed E-state index contributed by atoms with van der Waals surface area (Å²) < 4.78 is 11.4. The Labute approximate surface area is 214 Å². The predicted octanol–water partition coefficient (Wildman–Crippen LogP) is 5.24. The van der Waals surface area contributed by atoms with Crippen LogP contribution in [0.5, 0.6) is 0 Å². The van der Waals surface area contributed by atoms with Crippen molar-refractivity contribution in [3.8, 4) is 11.3 Å². The molecule has 0 bridgehead atoms. The first-order chi connectivity index (χ1) is 16.7. The maximum atomic E-state index is 12.4. The van der Waals surface area contributed by atoms with Crippen LogP contribution in [-0.4, -0.2) is 40.0 Å². The van der Waals surface area contributed by atoms with Crippen molar-refractivity contribution in [3.05, 3.63) is 70.4 Å². The van der Waals surface area contributed by atoms with Crippen LogP contribution in [0.15, 0.2) is 63.8 Å². The highest BCUT2D eigenvalue weighted by Crippen LogP contribution is 2.29. The maximum Gasteiger partial charge on any atom is 0.412 e. The van der Waals surface area contributed by atoms with Crippen LogP contribution < -0.4 is 10.6 Å². The lowest BCUT2D eigenvalue weighted by Crippen LogP contribution is -2.41. The fourth-order valence-electron chi connectivity index (χ4n) is 3.18. The molecule has 0 spiro atoms. The molecular weight excluding hydrogens is 538 g/mol. The molecule has 1 aromatic heterocycles. The molecule has 0 aliphatic heterocycles. The van der Waals surface area contributed by atoms with E-state index in [1.54, 1.807) is 6.92 Å². The molecule has 9 nitrogen and oxygen atoms in total. The zero-order valence-corrected chi connectivity index (χ0v) is 21.4. The summed E-state index contributed by atoms with van der Waals surface area (Å²) in [6, 6.07) is 14.0. The molecule has 2 aromatic carbocycles. The van der Waals surface area contributed by atoms with E-state index in [4.69, 9.17) is 9.26 Å². The topological polar surface area (TPSA) is 131 Å². The van der Waals surface area contributed by atoms with Crippen LogP contribution in [0.3, 0.4) is 0 Å². The van der Waals surface area contributed by atoms with Gasteiger partial charge < -0.3 is 19.7 Å². The van der Waals surface area contributed by atoms with Crippen molar-refractivity contribution in [1.29, 1.82) is 0 Å². The summed E-state index contributed by atoms with van der Waals surface area (Å²) in [4.78, 5) is 34.8. The highest BCUT2D eigenvalue weighted by atomic mass is 79.9. The zero-order chi connectivity index (χ0) is 25.4. The molecule has 3 N–H and O–H groups in total. The SMILES string of the molecule is CC(=O)N[C@@H](CSCc1ccc(-c2nocc2NC(=O)O[C@H](C)c2ccccc2Br)cc1)C(=O)O. The number of aliphatic carboxylic acids is 1. The molecule has 0 saturated carbocycles. The molecule has 0 radical (unpaired) electrons. The van der Waals surface area contributed by atoms with Crippen LogP contribution in [0, 0.1) is 0 Å². The number of nitrogens with zero attached hydrogens (tertiary/aromatic N) is 1. The highest BCUT2D eigenvalue weighted by molar-refractivity contribution is 9.10. The van der Waals surface area contributed by atoms with Gasteiger partial charge in [0.1, 0.15) is 29.8 Å². The van der Waals surface area contributed by atoms with Crippen molar-refractivity contribution in [2.24, 2.45) is 0 Å². The molecule has 0 unspecified atom stereocenters. The Hall–Kier alpha value is -3.31. The van der Waals surface area contributed by atoms with Gasteiger partial charge in [-0.05, 0) is 18.6 Å². The number of amides is 2.